The molecule has 0 amide bonds. The molecule has 1 heterocycles. The average Bonchev–Trinajstić information content (AvgIpc) is 2.41. The van der Waals surface area contributed by atoms with Crippen molar-refractivity contribution in [2.45, 2.75) is 64.4 Å². The van der Waals surface area contributed by atoms with Gasteiger partial charge in [0.1, 0.15) is 6.10 Å². The van der Waals surface area contributed by atoms with Crippen molar-refractivity contribution in [2.75, 3.05) is 0 Å². The van der Waals surface area contributed by atoms with Gasteiger partial charge in [-0.1, -0.05) is 26.7 Å². The Morgan fingerprint density at radius 1 is 1.32 bits per heavy atom. The monoisotopic (exact) mass is 281 g/mol. The van der Waals surface area contributed by atoms with Crippen LogP contribution in [0.3, 0.4) is 0 Å². The Morgan fingerprint density at radius 3 is 2.79 bits per heavy atom. The molecule has 1 aliphatic carbocycles. The second kappa shape index (κ2) is 7.14. The van der Waals surface area contributed by atoms with Crippen molar-refractivity contribution in [3.8, 4) is 5.88 Å². The second-order valence-corrected chi connectivity index (χ2v) is 5.87. The Hall–Kier alpha value is -0.760. The number of nitrogens with zero attached hydrogens (tertiary/aromatic N) is 1. The molecule has 1 saturated carbocycles. The summed E-state index contributed by atoms with van der Waals surface area (Å²) in [6.07, 6.45) is 7.42. The molecule has 1 aliphatic rings. The molecule has 0 N–H and O–H groups in total. The Kier molecular flexibility index (Phi) is 5.50. The van der Waals surface area contributed by atoms with Crippen LogP contribution in [0.25, 0.3) is 0 Å². The van der Waals surface area contributed by atoms with Gasteiger partial charge in [-0.05, 0) is 43.2 Å². The summed E-state index contributed by atoms with van der Waals surface area (Å²) < 4.78 is 6.13. The van der Waals surface area contributed by atoms with Crippen LogP contribution >= 0.6 is 11.6 Å². The van der Waals surface area contributed by atoms with E-state index in [0.717, 1.165) is 36.4 Å². The summed E-state index contributed by atoms with van der Waals surface area (Å²) >= 11 is 5.96. The van der Waals surface area contributed by atoms with Crippen LogP contribution in [0.5, 0.6) is 5.88 Å². The molecule has 1 aromatic heterocycles. The van der Waals surface area contributed by atoms with E-state index < -0.39 is 0 Å². The van der Waals surface area contributed by atoms with Crippen molar-refractivity contribution in [3.05, 3.63) is 23.4 Å². The van der Waals surface area contributed by atoms with Crippen molar-refractivity contribution in [2.24, 2.45) is 5.92 Å². The van der Waals surface area contributed by atoms with E-state index in [0.29, 0.717) is 17.9 Å². The molecule has 2 atom stereocenters. The summed E-state index contributed by atoms with van der Waals surface area (Å²) in [7, 11) is 0. The number of hydrogen-bond acceptors (Lipinski definition) is 2. The third kappa shape index (κ3) is 4.10. The van der Waals surface area contributed by atoms with Crippen LogP contribution in [0.15, 0.2) is 12.1 Å². The first-order chi connectivity index (χ1) is 9.22. The van der Waals surface area contributed by atoms with Crippen LogP contribution in [0.1, 0.15) is 57.2 Å². The van der Waals surface area contributed by atoms with E-state index in [1.807, 2.05) is 6.07 Å². The standard InChI is InChI=1S/C16H24ClNO/c1-3-6-14-9-13(11-17)10-16(18-14)19-15-8-5-4-7-12(15)2/h9-10,12,15H,3-8,11H2,1-2H3. The van der Waals surface area contributed by atoms with E-state index in [2.05, 4.69) is 24.9 Å². The van der Waals surface area contributed by atoms with E-state index >= 15 is 0 Å². The fourth-order valence-corrected chi connectivity index (χ4v) is 2.91. The van der Waals surface area contributed by atoms with Gasteiger partial charge in [-0.3, -0.25) is 0 Å². The Labute approximate surface area is 121 Å². The SMILES string of the molecule is CCCc1cc(CCl)cc(OC2CCCCC2C)n1. The number of aromatic nitrogens is 1. The number of aryl methyl sites for hydroxylation is 1. The highest BCUT2D eigenvalue weighted by atomic mass is 35.5. The lowest BCUT2D eigenvalue weighted by Gasteiger charge is -2.29. The Bertz CT molecular complexity index is 408. The van der Waals surface area contributed by atoms with Gasteiger partial charge in [0, 0.05) is 17.6 Å². The minimum atomic E-state index is 0.321. The highest BCUT2D eigenvalue weighted by Gasteiger charge is 2.23. The van der Waals surface area contributed by atoms with Gasteiger partial charge in [-0.25, -0.2) is 4.98 Å². The molecule has 0 saturated heterocycles. The average molecular weight is 282 g/mol. The fraction of sp³-hybridized carbons (Fsp3) is 0.688. The molecular weight excluding hydrogens is 258 g/mol. The number of rotatable bonds is 5. The molecule has 1 fully saturated rings. The van der Waals surface area contributed by atoms with Crippen molar-refractivity contribution in [3.63, 3.8) is 0 Å². The largest absolute Gasteiger partial charge is 0.474 e. The number of ether oxygens (including phenoxy) is 1. The number of pyridine rings is 1. The van der Waals surface area contributed by atoms with Gasteiger partial charge in [-0.2, -0.15) is 0 Å². The zero-order valence-corrected chi connectivity index (χ0v) is 12.7. The number of alkyl halides is 1. The van der Waals surface area contributed by atoms with Crippen LogP contribution in [0.2, 0.25) is 0 Å². The molecule has 0 radical (unpaired) electrons. The Morgan fingerprint density at radius 2 is 2.11 bits per heavy atom. The first-order valence-corrected chi connectivity index (χ1v) is 7.98. The molecule has 2 nitrogen and oxygen atoms in total. The molecule has 0 bridgehead atoms. The highest BCUT2D eigenvalue weighted by molar-refractivity contribution is 6.17. The van der Waals surface area contributed by atoms with Gasteiger partial charge < -0.3 is 4.74 Å². The first kappa shape index (κ1) is 14.6. The van der Waals surface area contributed by atoms with E-state index in [1.165, 1.54) is 19.3 Å². The smallest absolute Gasteiger partial charge is 0.214 e. The fourth-order valence-electron chi connectivity index (χ4n) is 2.75. The highest BCUT2D eigenvalue weighted by Crippen LogP contribution is 2.28. The minimum Gasteiger partial charge on any atom is -0.474 e. The van der Waals surface area contributed by atoms with Gasteiger partial charge in [-0.15, -0.1) is 11.6 Å². The molecular formula is C16H24ClNO. The van der Waals surface area contributed by atoms with Crippen LogP contribution in [-0.4, -0.2) is 11.1 Å². The molecule has 1 aromatic rings. The van der Waals surface area contributed by atoms with Crippen LogP contribution in [-0.2, 0) is 12.3 Å². The van der Waals surface area contributed by atoms with Crippen molar-refractivity contribution < 1.29 is 4.74 Å². The number of hydrogen-bond donors (Lipinski definition) is 0. The second-order valence-electron chi connectivity index (χ2n) is 5.61. The maximum absolute atomic E-state index is 6.13. The van der Waals surface area contributed by atoms with Gasteiger partial charge >= 0.3 is 0 Å². The van der Waals surface area contributed by atoms with Crippen molar-refractivity contribution in [1.29, 1.82) is 0 Å². The molecule has 0 aromatic carbocycles. The summed E-state index contributed by atoms with van der Waals surface area (Å²) in [6.45, 7) is 4.45. The molecule has 0 spiro atoms. The predicted molar refractivity (Wildman–Crippen MR) is 79.8 cm³/mol. The lowest BCUT2D eigenvalue weighted by Crippen LogP contribution is -2.28. The molecule has 19 heavy (non-hydrogen) atoms. The lowest BCUT2D eigenvalue weighted by molar-refractivity contribution is 0.0973. The van der Waals surface area contributed by atoms with Crippen LogP contribution in [0.4, 0.5) is 0 Å². The normalized spacial score (nSPS) is 23.3. The quantitative estimate of drug-likeness (QED) is 0.728. The summed E-state index contributed by atoms with van der Waals surface area (Å²) in [5.74, 6) is 1.92. The third-order valence-corrected chi connectivity index (χ3v) is 4.19. The minimum absolute atomic E-state index is 0.321. The summed E-state index contributed by atoms with van der Waals surface area (Å²) in [4.78, 5) is 4.62. The van der Waals surface area contributed by atoms with Crippen molar-refractivity contribution >= 4 is 11.6 Å². The van der Waals surface area contributed by atoms with Gasteiger partial charge in [0.2, 0.25) is 5.88 Å². The number of halogens is 1. The third-order valence-electron chi connectivity index (χ3n) is 3.88. The summed E-state index contributed by atoms with van der Waals surface area (Å²) in [5.41, 5.74) is 2.21. The van der Waals surface area contributed by atoms with E-state index in [-0.39, 0.29) is 0 Å². The van der Waals surface area contributed by atoms with E-state index in [9.17, 15) is 0 Å². The Balaban J connectivity index is 2.11. The zero-order valence-electron chi connectivity index (χ0n) is 12.0. The summed E-state index contributed by atoms with van der Waals surface area (Å²) in [5, 5.41) is 0. The van der Waals surface area contributed by atoms with Gasteiger partial charge in [0.25, 0.3) is 0 Å². The first-order valence-electron chi connectivity index (χ1n) is 7.45. The molecule has 3 heteroatoms. The maximum Gasteiger partial charge on any atom is 0.214 e. The van der Waals surface area contributed by atoms with Gasteiger partial charge in [0.05, 0.1) is 0 Å². The summed E-state index contributed by atoms with van der Waals surface area (Å²) in [6, 6.07) is 4.08. The molecule has 106 valence electrons. The lowest BCUT2D eigenvalue weighted by atomic mass is 9.88. The topological polar surface area (TPSA) is 22.1 Å². The molecule has 2 rings (SSSR count). The maximum atomic E-state index is 6.13. The van der Waals surface area contributed by atoms with Crippen molar-refractivity contribution in [1.82, 2.24) is 4.98 Å². The molecule has 2 unspecified atom stereocenters. The van der Waals surface area contributed by atoms with Crippen LogP contribution < -0.4 is 4.74 Å². The zero-order chi connectivity index (χ0) is 13.7. The predicted octanol–water partition coefficient (Wildman–Crippen LogP) is 4.73. The van der Waals surface area contributed by atoms with E-state index in [4.69, 9.17) is 16.3 Å². The van der Waals surface area contributed by atoms with Gasteiger partial charge in [0.15, 0.2) is 0 Å². The molecule has 0 aliphatic heterocycles. The van der Waals surface area contributed by atoms with Crippen LogP contribution in [0, 0.1) is 5.92 Å². The van der Waals surface area contributed by atoms with E-state index in [1.54, 1.807) is 0 Å².